The molecule has 0 radical (unpaired) electrons. The molecule has 0 saturated carbocycles. The van der Waals surface area contributed by atoms with Crippen LogP contribution in [0.2, 0.25) is 0 Å². The summed E-state index contributed by atoms with van der Waals surface area (Å²) in [6, 6.07) is 8.12. The van der Waals surface area contributed by atoms with Gasteiger partial charge in [-0.3, -0.25) is 9.69 Å². The van der Waals surface area contributed by atoms with Gasteiger partial charge in [0.2, 0.25) is 5.91 Å². The smallest absolute Gasteiger partial charge is 0.237 e. The van der Waals surface area contributed by atoms with Crippen LogP contribution in [0.25, 0.3) is 0 Å². The Balaban J connectivity index is 1.94. The van der Waals surface area contributed by atoms with Crippen molar-refractivity contribution in [3.8, 4) is 0 Å². The van der Waals surface area contributed by atoms with Gasteiger partial charge in [0.1, 0.15) is 0 Å². The van der Waals surface area contributed by atoms with Crippen molar-refractivity contribution in [3.63, 3.8) is 0 Å². The van der Waals surface area contributed by atoms with Gasteiger partial charge in [-0.2, -0.15) is 0 Å². The van der Waals surface area contributed by atoms with Crippen molar-refractivity contribution in [1.29, 1.82) is 0 Å². The first-order valence-electron chi connectivity index (χ1n) is 7.52. The molecule has 1 aromatic carbocycles. The number of benzene rings is 1. The second-order valence-electron chi connectivity index (χ2n) is 5.39. The lowest BCUT2D eigenvalue weighted by Crippen LogP contribution is -2.40. The topological polar surface area (TPSA) is 53.6 Å². The van der Waals surface area contributed by atoms with Crippen molar-refractivity contribution < 1.29 is 9.53 Å². The average Bonchev–Trinajstić information content (AvgIpc) is 2.54. The van der Waals surface area contributed by atoms with Crippen LogP contribution in [0.5, 0.6) is 0 Å². The number of hydrogen-bond acceptors (Lipinski definition) is 4. The molecule has 0 aromatic heterocycles. The molecule has 1 saturated heterocycles. The maximum atomic E-state index is 11.8. The number of carbonyl (C=O) groups excluding carboxylic acids is 1. The molecule has 21 heavy (non-hydrogen) atoms. The molecule has 0 bridgehead atoms. The third-order valence-corrected chi connectivity index (χ3v) is 3.90. The highest BCUT2D eigenvalue weighted by molar-refractivity contribution is 5.81. The Morgan fingerprint density at radius 2 is 1.95 bits per heavy atom. The second-order valence-corrected chi connectivity index (χ2v) is 5.39. The Labute approximate surface area is 126 Å². The minimum absolute atomic E-state index is 0.0266. The number of morpholine rings is 1. The first-order valence-corrected chi connectivity index (χ1v) is 7.52. The van der Waals surface area contributed by atoms with E-state index in [1.807, 2.05) is 13.0 Å². The zero-order valence-electron chi connectivity index (χ0n) is 12.9. The molecular weight excluding hydrogens is 266 g/mol. The summed E-state index contributed by atoms with van der Waals surface area (Å²) in [7, 11) is 1.79. The summed E-state index contributed by atoms with van der Waals surface area (Å²) >= 11 is 0. The van der Waals surface area contributed by atoms with Gasteiger partial charge >= 0.3 is 0 Å². The zero-order chi connectivity index (χ0) is 15.1. The Kier molecular flexibility index (Phi) is 6.17. The molecule has 1 unspecified atom stereocenters. The highest BCUT2D eigenvalue weighted by Gasteiger charge is 2.14. The van der Waals surface area contributed by atoms with E-state index in [9.17, 15) is 4.79 Å². The predicted octanol–water partition coefficient (Wildman–Crippen LogP) is 0.743. The Bertz CT molecular complexity index is 459. The van der Waals surface area contributed by atoms with Crippen molar-refractivity contribution in [2.75, 3.05) is 33.4 Å². The van der Waals surface area contributed by atoms with Gasteiger partial charge < -0.3 is 15.4 Å². The summed E-state index contributed by atoms with van der Waals surface area (Å²) < 4.78 is 5.38. The molecule has 2 rings (SSSR count). The van der Waals surface area contributed by atoms with Gasteiger partial charge in [-0.25, -0.2) is 0 Å². The molecule has 116 valence electrons. The summed E-state index contributed by atoms with van der Waals surface area (Å²) in [5.74, 6) is 0.0266. The van der Waals surface area contributed by atoms with Crippen molar-refractivity contribution >= 4 is 5.91 Å². The molecule has 1 aliphatic rings. The molecule has 0 spiro atoms. The molecule has 1 heterocycles. The van der Waals surface area contributed by atoms with Crippen LogP contribution in [0.3, 0.4) is 0 Å². The first-order chi connectivity index (χ1) is 10.2. The Hall–Kier alpha value is -1.43. The maximum Gasteiger partial charge on any atom is 0.237 e. The summed E-state index contributed by atoms with van der Waals surface area (Å²) in [6.45, 7) is 6.89. The van der Waals surface area contributed by atoms with Crippen LogP contribution >= 0.6 is 0 Å². The largest absolute Gasteiger partial charge is 0.379 e. The number of ether oxygens (including phenoxy) is 1. The third kappa shape index (κ3) is 4.81. The van der Waals surface area contributed by atoms with E-state index >= 15 is 0 Å². The minimum Gasteiger partial charge on any atom is -0.379 e. The number of amides is 1. The predicted molar refractivity (Wildman–Crippen MR) is 82.9 cm³/mol. The molecule has 0 aliphatic carbocycles. The summed E-state index contributed by atoms with van der Waals surface area (Å²) in [4.78, 5) is 14.2. The molecule has 1 amide bonds. The first kappa shape index (κ1) is 15.9. The van der Waals surface area contributed by atoms with E-state index < -0.39 is 0 Å². The van der Waals surface area contributed by atoms with Crippen LogP contribution in [-0.4, -0.2) is 50.2 Å². The summed E-state index contributed by atoms with van der Waals surface area (Å²) in [5.41, 5.74) is 2.46. The number of hydrogen-bond donors (Lipinski definition) is 2. The fourth-order valence-electron chi connectivity index (χ4n) is 2.35. The molecule has 1 aliphatic heterocycles. The zero-order valence-corrected chi connectivity index (χ0v) is 12.9. The molecule has 5 heteroatoms. The number of carbonyl (C=O) groups is 1. The molecule has 1 fully saturated rings. The van der Waals surface area contributed by atoms with Gasteiger partial charge in [-0.05, 0) is 25.1 Å². The molecule has 1 atom stereocenters. The quantitative estimate of drug-likeness (QED) is 0.812. The minimum atomic E-state index is -0.170. The molecule has 2 N–H and O–H groups in total. The standard InChI is InChI=1S/C16H25N3O2/c1-13(17-2)16(20)18-11-14-5-3-4-6-15(14)12-19-7-9-21-10-8-19/h3-6,13,17H,7-12H2,1-2H3,(H,18,20). The fourth-order valence-corrected chi connectivity index (χ4v) is 2.35. The SMILES string of the molecule is CNC(C)C(=O)NCc1ccccc1CN1CCOCC1. The van der Waals surface area contributed by atoms with Gasteiger partial charge in [-0.15, -0.1) is 0 Å². The van der Waals surface area contributed by atoms with Gasteiger partial charge in [-0.1, -0.05) is 24.3 Å². The lowest BCUT2D eigenvalue weighted by atomic mass is 10.1. The summed E-state index contributed by atoms with van der Waals surface area (Å²) in [5, 5.41) is 5.93. The van der Waals surface area contributed by atoms with Crippen LogP contribution < -0.4 is 10.6 Å². The van der Waals surface area contributed by atoms with Crippen molar-refractivity contribution in [2.45, 2.75) is 26.1 Å². The van der Waals surface area contributed by atoms with Crippen LogP contribution in [-0.2, 0) is 22.6 Å². The Morgan fingerprint density at radius 3 is 2.62 bits per heavy atom. The van der Waals surface area contributed by atoms with Gasteiger partial charge in [0.05, 0.1) is 19.3 Å². The molecular formula is C16H25N3O2. The number of nitrogens with zero attached hydrogens (tertiary/aromatic N) is 1. The highest BCUT2D eigenvalue weighted by atomic mass is 16.5. The highest BCUT2D eigenvalue weighted by Crippen LogP contribution is 2.13. The summed E-state index contributed by atoms with van der Waals surface area (Å²) in [6.07, 6.45) is 0. The number of rotatable bonds is 6. The van der Waals surface area contributed by atoms with Crippen LogP contribution in [0, 0.1) is 0 Å². The van der Waals surface area contributed by atoms with Crippen LogP contribution in [0.15, 0.2) is 24.3 Å². The van der Waals surface area contributed by atoms with E-state index in [0.29, 0.717) is 6.54 Å². The molecule has 1 aromatic rings. The van der Waals surface area contributed by atoms with E-state index in [-0.39, 0.29) is 11.9 Å². The molecule has 5 nitrogen and oxygen atoms in total. The normalized spacial score (nSPS) is 17.4. The lowest BCUT2D eigenvalue weighted by Gasteiger charge is -2.27. The number of likely N-dealkylation sites (N-methyl/N-ethyl adjacent to an activating group) is 1. The third-order valence-electron chi connectivity index (χ3n) is 3.90. The van der Waals surface area contributed by atoms with Crippen LogP contribution in [0.4, 0.5) is 0 Å². The van der Waals surface area contributed by atoms with E-state index in [4.69, 9.17) is 4.74 Å². The van der Waals surface area contributed by atoms with Gasteiger partial charge in [0, 0.05) is 26.2 Å². The van der Waals surface area contributed by atoms with Crippen molar-refractivity contribution in [3.05, 3.63) is 35.4 Å². The number of nitrogens with one attached hydrogen (secondary N) is 2. The van der Waals surface area contributed by atoms with Crippen LogP contribution in [0.1, 0.15) is 18.1 Å². The average molecular weight is 291 g/mol. The monoisotopic (exact) mass is 291 g/mol. The van der Waals surface area contributed by atoms with E-state index in [1.54, 1.807) is 7.05 Å². The van der Waals surface area contributed by atoms with E-state index in [2.05, 4.69) is 33.7 Å². The van der Waals surface area contributed by atoms with Crippen molar-refractivity contribution in [1.82, 2.24) is 15.5 Å². The van der Waals surface area contributed by atoms with Gasteiger partial charge in [0.15, 0.2) is 0 Å². The second kappa shape index (κ2) is 8.12. The lowest BCUT2D eigenvalue weighted by molar-refractivity contribution is -0.122. The Morgan fingerprint density at radius 1 is 1.29 bits per heavy atom. The van der Waals surface area contributed by atoms with E-state index in [1.165, 1.54) is 11.1 Å². The van der Waals surface area contributed by atoms with Crippen molar-refractivity contribution in [2.24, 2.45) is 0 Å². The van der Waals surface area contributed by atoms with Gasteiger partial charge in [0.25, 0.3) is 0 Å². The van der Waals surface area contributed by atoms with E-state index in [0.717, 1.165) is 32.8 Å². The fraction of sp³-hybridized carbons (Fsp3) is 0.562. The maximum absolute atomic E-state index is 11.8.